The molecule has 0 saturated carbocycles. The number of carbonyl (C=O) groups excluding carboxylic acids is 1. The number of hydrogen-bond donors (Lipinski definition) is 1. The molecule has 0 spiro atoms. The van der Waals surface area contributed by atoms with Gasteiger partial charge in [-0.3, -0.25) is 0 Å². The Bertz CT molecular complexity index is 525. The Hall–Kier alpha value is -1.16. The van der Waals surface area contributed by atoms with Crippen LogP contribution in [0.2, 0.25) is 0 Å². The minimum absolute atomic E-state index is 0.373. The van der Waals surface area contributed by atoms with Crippen LogP contribution in [-0.4, -0.2) is 11.8 Å². The second-order valence-corrected chi connectivity index (χ2v) is 4.63. The first-order valence-corrected chi connectivity index (χ1v) is 6.64. The summed E-state index contributed by atoms with van der Waals surface area (Å²) in [6.07, 6.45) is 5.71. The first-order chi connectivity index (χ1) is 8.31. The van der Waals surface area contributed by atoms with Gasteiger partial charge in [0.05, 0.1) is 10.7 Å². The van der Waals surface area contributed by atoms with E-state index in [0.717, 1.165) is 34.9 Å². The zero-order valence-corrected chi connectivity index (χ0v) is 10.6. The first-order valence-electron chi connectivity index (χ1n) is 6.01. The number of para-hydroxylation sites is 1. The molecule has 1 aliphatic heterocycles. The summed E-state index contributed by atoms with van der Waals surface area (Å²) in [6.45, 7) is 0. The predicted molar refractivity (Wildman–Crippen MR) is 70.2 cm³/mol. The molecule has 1 heterocycles. The quantitative estimate of drug-likeness (QED) is 0.608. The van der Waals surface area contributed by atoms with Crippen LogP contribution in [0.1, 0.15) is 31.2 Å². The molecule has 0 N–H and O–H groups in total. The molecule has 1 aliphatic rings. The Morgan fingerprint density at radius 3 is 2.71 bits per heavy atom. The van der Waals surface area contributed by atoms with E-state index >= 15 is 0 Å². The average molecular weight is 248 g/mol. The number of carbonyl (C=O) groups is 1. The lowest BCUT2D eigenvalue weighted by atomic mass is 10.1. The summed E-state index contributed by atoms with van der Waals surface area (Å²) in [5.41, 5.74) is 1.14. The third-order valence-corrected chi connectivity index (χ3v) is 3.19. The van der Waals surface area contributed by atoms with Gasteiger partial charge in [-0.1, -0.05) is 25.0 Å². The van der Waals surface area contributed by atoms with Crippen LogP contribution >= 0.6 is 12.6 Å². The number of rotatable bonds is 6. The number of urea groups is 1. The molecule has 0 saturated heterocycles. The summed E-state index contributed by atoms with van der Waals surface area (Å²) < 4.78 is 0. The van der Waals surface area contributed by atoms with Crippen molar-refractivity contribution in [3.8, 4) is 0 Å². The van der Waals surface area contributed by atoms with E-state index in [4.69, 9.17) is 0 Å². The lowest BCUT2D eigenvalue weighted by Gasteiger charge is -2.00. The molecule has 0 radical (unpaired) electrons. The van der Waals surface area contributed by atoms with Crippen molar-refractivity contribution in [2.24, 2.45) is 9.98 Å². The lowest BCUT2D eigenvalue weighted by Crippen LogP contribution is -2.25. The fourth-order valence-electron chi connectivity index (χ4n) is 2.00. The van der Waals surface area contributed by atoms with E-state index in [1.165, 1.54) is 19.3 Å². The number of unbranched alkanes of at least 4 members (excludes halogenated alkanes) is 3. The van der Waals surface area contributed by atoms with Gasteiger partial charge in [0, 0.05) is 0 Å². The molecule has 90 valence electrons. The Morgan fingerprint density at radius 1 is 1.06 bits per heavy atom. The summed E-state index contributed by atoms with van der Waals surface area (Å²) in [5.74, 6) is 0.962. The third-order valence-electron chi connectivity index (χ3n) is 2.88. The predicted octanol–water partition coefficient (Wildman–Crippen LogP) is 2.09. The van der Waals surface area contributed by atoms with Crippen molar-refractivity contribution in [2.75, 3.05) is 5.75 Å². The van der Waals surface area contributed by atoms with Crippen LogP contribution in [0, 0.1) is 0 Å². The van der Waals surface area contributed by atoms with Gasteiger partial charge in [0.15, 0.2) is 0 Å². The highest BCUT2D eigenvalue weighted by molar-refractivity contribution is 7.80. The molecule has 3 nitrogen and oxygen atoms in total. The Kier molecular flexibility index (Phi) is 4.31. The molecule has 0 bridgehead atoms. The van der Waals surface area contributed by atoms with Gasteiger partial charge >= 0.3 is 6.03 Å². The van der Waals surface area contributed by atoms with Crippen LogP contribution < -0.4 is 10.7 Å². The maximum absolute atomic E-state index is 11.1. The topological polar surface area (TPSA) is 41.8 Å². The smallest absolute Gasteiger partial charge is 0.244 e. The highest BCUT2D eigenvalue weighted by Crippen LogP contribution is 2.05. The number of fused-ring (bicyclic) bond motifs is 1. The molecule has 2 amide bonds. The molecule has 2 rings (SSSR count). The van der Waals surface area contributed by atoms with Crippen molar-refractivity contribution in [1.82, 2.24) is 0 Å². The summed E-state index contributed by atoms with van der Waals surface area (Å²) in [7, 11) is 0. The van der Waals surface area contributed by atoms with Crippen LogP contribution in [0.15, 0.2) is 28.2 Å². The van der Waals surface area contributed by atoms with Gasteiger partial charge in [-0.2, -0.15) is 22.6 Å². The Morgan fingerprint density at radius 2 is 1.88 bits per heavy atom. The molecular weight excluding hydrogens is 232 g/mol. The second-order valence-electron chi connectivity index (χ2n) is 4.18. The summed E-state index contributed by atoms with van der Waals surface area (Å²) in [5, 5.41) is 1.51. The van der Waals surface area contributed by atoms with Gasteiger partial charge in [0.2, 0.25) is 0 Å². The van der Waals surface area contributed by atoms with E-state index in [9.17, 15) is 4.79 Å². The molecule has 0 aliphatic carbocycles. The molecule has 1 aromatic rings. The van der Waals surface area contributed by atoms with Gasteiger partial charge < -0.3 is 0 Å². The molecule has 0 unspecified atom stereocenters. The van der Waals surface area contributed by atoms with Crippen molar-refractivity contribution < 1.29 is 4.79 Å². The third kappa shape index (κ3) is 3.16. The molecule has 17 heavy (non-hydrogen) atoms. The minimum atomic E-state index is -0.373. The molecule has 1 aromatic carbocycles. The van der Waals surface area contributed by atoms with Gasteiger partial charge in [0.25, 0.3) is 0 Å². The van der Waals surface area contributed by atoms with Gasteiger partial charge in [-0.25, -0.2) is 4.79 Å². The van der Waals surface area contributed by atoms with Gasteiger partial charge in [-0.05, 0) is 36.6 Å². The van der Waals surface area contributed by atoms with Crippen molar-refractivity contribution in [2.45, 2.75) is 32.1 Å². The van der Waals surface area contributed by atoms with E-state index < -0.39 is 0 Å². The van der Waals surface area contributed by atoms with E-state index in [-0.39, 0.29) is 6.03 Å². The average Bonchev–Trinajstić information content (AvgIpc) is 2.70. The zero-order chi connectivity index (χ0) is 12.1. The minimum Gasteiger partial charge on any atom is -0.244 e. The van der Waals surface area contributed by atoms with E-state index in [1.54, 1.807) is 0 Å². The SMILES string of the molecule is O=C1N=c2cccc(CCCCCCS)c2=N1. The highest BCUT2D eigenvalue weighted by atomic mass is 32.1. The Balaban J connectivity index is 2.00. The van der Waals surface area contributed by atoms with Crippen molar-refractivity contribution in [3.05, 3.63) is 34.5 Å². The molecular formula is C13H16N2OS. The van der Waals surface area contributed by atoms with Crippen LogP contribution in [0.3, 0.4) is 0 Å². The van der Waals surface area contributed by atoms with E-state index in [0.29, 0.717) is 0 Å². The fourth-order valence-corrected chi connectivity index (χ4v) is 2.23. The maximum Gasteiger partial charge on any atom is 0.368 e. The van der Waals surface area contributed by atoms with Crippen LogP contribution in [0.5, 0.6) is 0 Å². The summed E-state index contributed by atoms with van der Waals surface area (Å²) >= 11 is 4.19. The number of hydrogen-bond acceptors (Lipinski definition) is 2. The summed E-state index contributed by atoms with van der Waals surface area (Å²) in [6, 6.07) is 5.45. The fraction of sp³-hybridized carbons (Fsp3) is 0.462. The summed E-state index contributed by atoms with van der Waals surface area (Å²) in [4.78, 5) is 18.9. The maximum atomic E-state index is 11.1. The largest absolute Gasteiger partial charge is 0.368 e. The molecule has 0 atom stereocenters. The van der Waals surface area contributed by atoms with Crippen LogP contribution in [0.4, 0.5) is 4.79 Å². The molecule has 0 aromatic heterocycles. The number of aryl methyl sites for hydroxylation is 1. The number of benzene rings is 1. The lowest BCUT2D eigenvalue weighted by molar-refractivity contribution is 0.256. The monoisotopic (exact) mass is 248 g/mol. The van der Waals surface area contributed by atoms with E-state index in [2.05, 4.69) is 22.6 Å². The molecule has 4 heteroatoms. The van der Waals surface area contributed by atoms with Crippen LogP contribution in [-0.2, 0) is 6.42 Å². The van der Waals surface area contributed by atoms with Crippen molar-refractivity contribution >= 4 is 18.7 Å². The van der Waals surface area contributed by atoms with Crippen molar-refractivity contribution in [3.63, 3.8) is 0 Å². The number of nitrogens with zero attached hydrogens (tertiary/aromatic N) is 2. The Labute approximate surface area is 106 Å². The molecule has 0 fully saturated rings. The first kappa shape index (κ1) is 12.3. The number of amides is 2. The number of thiol groups is 1. The highest BCUT2D eigenvalue weighted by Gasteiger charge is 2.07. The van der Waals surface area contributed by atoms with Gasteiger partial charge in [-0.15, -0.1) is 0 Å². The van der Waals surface area contributed by atoms with Gasteiger partial charge in [0.1, 0.15) is 0 Å². The second kappa shape index (κ2) is 5.96. The normalized spacial score (nSPS) is 13.1. The van der Waals surface area contributed by atoms with Crippen LogP contribution in [0.25, 0.3) is 0 Å². The van der Waals surface area contributed by atoms with E-state index in [1.807, 2.05) is 18.2 Å². The standard InChI is InChI=1S/C13H16N2OS/c16-13-14-11-8-5-7-10(12(11)15-13)6-3-1-2-4-9-17/h5,7-8,17H,1-4,6,9H2. The van der Waals surface area contributed by atoms with Crippen molar-refractivity contribution in [1.29, 1.82) is 0 Å². The zero-order valence-electron chi connectivity index (χ0n) is 9.72.